The van der Waals surface area contributed by atoms with Crippen molar-refractivity contribution in [1.82, 2.24) is 0 Å². The van der Waals surface area contributed by atoms with Crippen molar-refractivity contribution in [3.63, 3.8) is 0 Å². The molecule has 0 aromatic rings. The Labute approximate surface area is 85.3 Å². The van der Waals surface area contributed by atoms with Crippen LogP contribution in [0.5, 0.6) is 0 Å². The zero-order valence-corrected chi connectivity index (χ0v) is 9.47. The van der Waals surface area contributed by atoms with Crippen LogP contribution in [0.2, 0.25) is 0 Å². The van der Waals surface area contributed by atoms with E-state index in [2.05, 4.69) is 0 Å². The monoisotopic (exact) mass is 216 g/mol. The van der Waals surface area contributed by atoms with E-state index >= 15 is 0 Å². The Hall–Kier alpha value is 1.08. The Morgan fingerprint density at radius 2 is 0.909 bits per heavy atom. The van der Waals surface area contributed by atoms with Gasteiger partial charge in [-0.1, -0.05) is 0 Å². The summed E-state index contributed by atoms with van der Waals surface area (Å²) in [6.07, 6.45) is 0. The summed E-state index contributed by atoms with van der Waals surface area (Å²) in [5, 5.41) is 0. The molecule has 0 spiro atoms. The predicted octanol–water partition coefficient (Wildman–Crippen LogP) is -7.87. The summed E-state index contributed by atoms with van der Waals surface area (Å²) in [5.41, 5.74) is 0. The van der Waals surface area contributed by atoms with Gasteiger partial charge in [0, 0.05) is 0 Å². The van der Waals surface area contributed by atoms with Crippen LogP contribution >= 0.6 is 0 Å². The smallest absolute Gasteiger partial charge is 0.790 e. The van der Waals surface area contributed by atoms with Crippen molar-refractivity contribution in [3.05, 3.63) is 0 Å². The van der Waals surface area contributed by atoms with Gasteiger partial charge in [0.15, 0.2) is 0 Å². The maximum absolute atomic E-state index is 10.4. The molecule has 0 aliphatic heterocycles. The molecule has 0 heterocycles. The number of halogens is 1. The van der Waals surface area contributed by atoms with Crippen LogP contribution in [0.15, 0.2) is 0 Å². The van der Waals surface area contributed by atoms with Gasteiger partial charge in [-0.3, -0.25) is 4.11 Å². The molecular weight excluding hydrogens is 210 g/mol. The molecule has 64 valence electrons. The zero-order chi connectivity index (χ0) is 9.00. The summed E-state index contributed by atoms with van der Waals surface area (Å²) in [5.74, 6) is 0. The second-order valence-electron chi connectivity index (χ2n) is 1.13. The van der Waals surface area contributed by atoms with E-state index in [0.29, 0.717) is 0 Å². The van der Waals surface area contributed by atoms with E-state index in [9.17, 15) is 4.11 Å². The summed E-state index contributed by atoms with van der Waals surface area (Å²) in [7, 11) is -9.97. The normalized spacial score (nSPS) is 10.9. The van der Waals surface area contributed by atoms with Crippen molar-refractivity contribution < 1.29 is 67.2 Å². The summed E-state index contributed by atoms with van der Waals surface area (Å²) in [6, 6.07) is 0. The van der Waals surface area contributed by atoms with Gasteiger partial charge in [-0.2, -0.15) is 0 Å². The molecule has 11 heavy (non-hydrogen) atoms. The number of hydrogen-bond donors (Lipinski definition) is 6. The zero-order valence-electron chi connectivity index (χ0n) is 5.47. The fourth-order valence-electron chi connectivity index (χ4n) is 0. The maximum Gasteiger partial charge on any atom is 1.00 e. The van der Waals surface area contributed by atoms with Crippen molar-refractivity contribution in [1.29, 1.82) is 0 Å². The first-order valence-electron chi connectivity index (χ1n) is 1.73. The predicted molar refractivity (Wildman–Crippen MR) is 25.9 cm³/mol. The fourth-order valence-corrected chi connectivity index (χ4v) is 0. The van der Waals surface area contributed by atoms with Gasteiger partial charge in [0.1, 0.15) is 0 Å². The second kappa shape index (κ2) is 6.58. The first-order valence-corrected chi connectivity index (χ1v) is 5.20. The van der Waals surface area contributed by atoms with Crippen molar-refractivity contribution >= 4 is 18.2 Å². The first-order chi connectivity index (χ1) is 4.00. The molecule has 0 aromatic heterocycles. The van der Waals surface area contributed by atoms with E-state index in [-0.39, 0.29) is 29.6 Å². The van der Waals surface area contributed by atoms with E-state index in [1.165, 1.54) is 0 Å². The Kier molecular flexibility index (Phi) is 10.8. The molecule has 6 N–H and O–H groups in total. The molecule has 0 amide bonds. The third kappa shape index (κ3) is 779. The fraction of sp³-hybridized carbons (Fsp3) is 0. The molecule has 0 fully saturated rings. The molecule has 11 heteroatoms. The van der Waals surface area contributed by atoms with Crippen molar-refractivity contribution in [2.45, 2.75) is 0 Å². The van der Waals surface area contributed by atoms with Gasteiger partial charge in [-0.05, 0) is 0 Å². The Morgan fingerprint density at radius 1 is 0.909 bits per heavy atom. The van der Waals surface area contributed by atoms with Crippen LogP contribution in [0.25, 0.3) is 0 Å². The van der Waals surface area contributed by atoms with Crippen LogP contribution in [0.4, 0.5) is 4.11 Å². The van der Waals surface area contributed by atoms with Gasteiger partial charge in [0.2, 0.25) is 0 Å². The van der Waals surface area contributed by atoms with Crippen molar-refractivity contribution in [3.8, 4) is 0 Å². The molecule has 0 aromatic carbocycles. The topological polar surface area (TPSA) is 144 Å². The van der Waals surface area contributed by atoms with Gasteiger partial charge < -0.3 is 33.6 Å². The van der Waals surface area contributed by atoms with Crippen LogP contribution in [0.1, 0.15) is 0 Å². The van der Waals surface area contributed by atoms with Crippen LogP contribution in [0, 0.1) is 0 Å². The van der Waals surface area contributed by atoms with Crippen LogP contribution < -0.4 is 34.4 Å². The summed E-state index contributed by atoms with van der Waals surface area (Å²) >= 11 is 0. The molecule has 0 radical (unpaired) electrons. The minimum Gasteiger partial charge on any atom is -0.790 e. The molecular formula is H6FNaO7Si2. The van der Waals surface area contributed by atoms with Gasteiger partial charge in [-0.25, -0.2) is 0 Å². The molecule has 0 saturated heterocycles. The second-order valence-corrected chi connectivity index (χ2v) is 3.39. The molecule has 0 bridgehead atoms. The van der Waals surface area contributed by atoms with Crippen molar-refractivity contribution in [2.75, 3.05) is 0 Å². The Balaban J connectivity index is -0.000000107. The molecule has 0 atom stereocenters. The maximum atomic E-state index is 10.4. The van der Waals surface area contributed by atoms with Gasteiger partial charge in [-0.15, -0.1) is 0 Å². The van der Waals surface area contributed by atoms with E-state index in [0.717, 1.165) is 0 Å². The number of rotatable bonds is 0. The van der Waals surface area contributed by atoms with Gasteiger partial charge in [0.05, 0.1) is 0 Å². The molecule has 0 saturated carbocycles. The van der Waals surface area contributed by atoms with Crippen LogP contribution in [-0.4, -0.2) is 47.0 Å². The minimum absolute atomic E-state index is 0. The SMILES string of the molecule is O[Si](O)(O)O.[Na+].[O-][Si](O)(O)F. The van der Waals surface area contributed by atoms with Crippen LogP contribution in [0.3, 0.4) is 0 Å². The third-order valence-electron chi connectivity index (χ3n) is 0. The molecule has 0 unspecified atom stereocenters. The minimum atomic E-state index is -5.36. The van der Waals surface area contributed by atoms with Crippen molar-refractivity contribution in [2.24, 2.45) is 0 Å². The summed E-state index contributed by atoms with van der Waals surface area (Å²) < 4.78 is 10.4. The first kappa shape index (κ1) is 18.0. The Bertz CT molecular complexity index is 59.4. The molecule has 0 aliphatic rings. The van der Waals surface area contributed by atoms with E-state index in [1.54, 1.807) is 0 Å². The van der Waals surface area contributed by atoms with Gasteiger partial charge in [0.25, 0.3) is 0 Å². The average Bonchev–Trinajstić information content (AvgIpc) is 1.12. The summed E-state index contributed by atoms with van der Waals surface area (Å²) in [4.78, 5) is 52.0. The van der Waals surface area contributed by atoms with Crippen LogP contribution in [-0.2, 0) is 0 Å². The third-order valence-corrected chi connectivity index (χ3v) is 0. The largest absolute Gasteiger partial charge is 1.00 e. The average molecular weight is 216 g/mol. The molecule has 0 aliphatic carbocycles. The standard InChI is InChI=1S/FH2O3Si.Na.H4O4Si/c1-5(2,3)4;;1-5(2,3)4/h2-3H;;1-4H/q-1;+1;. The van der Waals surface area contributed by atoms with E-state index in [1.807, 2.05) is 0 Å². The number of hydrogen-bond acceptors (Lipinski definition) is 7. The molecule has 0 rings (SSSR count). The van der Waals surface area contributed by atoms with E-state index in [4.69, 9.17) is 33.6 Å². The van der Waals surface area contributed by atoms with E-state index < -0.39 is 18.2 Å². The quantitative estimate of drug-likeness (QED) is 0.174. The molecule has 7 nitrogen and oxygen atoms in total. The Morgan fingerprint density at radius 3 is 0.909 bits per heavy atom. The van der Waals surface area contributed by atoms with Gasteiger partial charge >= 0.3 is 47.7 Å². The summed E-state index contributed by atoms with van der Waals surface area (Å²) in [6.45, 7) is 0.